The molecule has 0 fully saturated rings. The number of halogens is 1. The van der Waals surface area contributed by atoms with Gasteiger partial charge in [-0.3, -0.25) is 4.79 Å². The van der Waals surface area contributed by atoms with Gasteiger partial charge in [-0.15, -0.1) is 5.10 Å². The molecular weight excluding hydrogens is 378 g/mol. The van der Waals surface area contributed by atoms with Gasteiger partial charge < -0.3 is 9.84 Å². The first-order chi connectivity index (χ1) is 13.6. The molecule has 28 heavy (non-hydrogen) atoms. The second-order valence-electron chi connectivity index (χ2n) is 6.41. The van der Waals surface area contributed by atoms with Crippen LogP contribution in [0.25, 0.3) is 27.9 Å². The van der Waals surface area contributed by atoms with Crippen LogP contribution in [0.4, 0.5) is 0 Å². The van der Waals surface area contributed by atoms with Gasteiger partial charge >= 0.3 is 0 Å². The van der Waals surface area contributed by atoms with E-state index >= 15 is 0 Å². The predicted molar refractivity (Wildman–Crippen MR) is 107 cm³/mol. The molecule has 7 nitrogen and oxygen atoms in total. The fourth-order valence-electron chi connectivity index (χ4n) is 2.98. The number of rotatable bonds is 5. The first-order valence-corrected chi connectivity index (χ1v) is 9.32. The highest BCUT2D eigenvalue weighted by Gasteiger charge is 2.18. The average molecular weight is 396 g/mol. The molecule has 1 N–H and O–H groups in total. The van der Waals surface area contributed by atoms with Crippen molar-refractivity contribution >= 4 is 28.4 Å². The third-order valence-electron chi connectivity index (χ3n) is 4.46. The highest BCUT2D eigenvalue weighted by molar-refractivity contribution is 6.30. The van der Waals surface area contributed by atoms with Crippen molar-refractivity contribution < 1.29 is 9.32 Å². The maximum absolute atomic E-state index is 12.2. The van der Waals surface area contributed by atoms with Gasteiger partial charge in [-0.05, 0) is 55.8 Å². The van der Waals surface area contributed by atoms with Crippen LogP contribution in [-0.4, -0.2) is 32.6 Å². The minimum absolute atomic E-state index is 0.224. The molecule has 4 aromatic rings. The Kier molecular flexibility index (Phi) is 4.83. The predicted octanol–water partition coefficient (Wildman–Crippen LogP) is 4.18. The van der Waals surface area contributed by atoms with E-state index in [-0.39, 0.29) is 5.91 Å². The number of fused-ring (bicyclic) bond motifs is 1. The fourth-order valence-corrected chi connectivity index (χ4v) is 3.10. The van der Waals surface area contributed by atoms with Crippen molar-refractivity contribution in [3.05, 3.63) is 58.9 Å². The lowest BCUT2D eigenvalue weighted by Crippen LogP contribution is -2.25. The number of hydrogen-bond donors (Lipinski definition) is 1. The summed E-state index contributed by atoms with van der Waals surface area (Å²) < 4.78 is 7.19. The molecule has 0 bridgehead atoms. The van der Waals surface area contributed by atoms with E-state index in [0.29, 0.717) is 28.7 Å². The zero-order chi connectivity index (χ0) is 19.7. The third kappa shape index (κ3) is 3.25. The largest absolute Gasteiger partial charge is 0.355 e. The summed E-state index contributed by atoms with van der Waals surface area (Å²) in [4.78, 5) is 12.2. The summed E-state index contributed by atoms with van der Waals surface area (Å²) in [6.45, 7) is 4.41. The maximum atomic E-state index is 12.2. The maximum Gasteiger partial charge on any atom is 0.273 e. The van der Waals surface area contributed by atoms with E-state index in [4.69, 9.17) is 16.1 Å². The van der Waals surface area contributed by atoms with Crippen LogP contribution in [0, 0.1) is 6.92 Å². The first kappa shape index (κ1) is 18.2. The Labute approximate surface area is 166 Å². The molecule has 0 radical (unpaired) electrons. The summed E-state index contributed by atoms with van der Waals surface area (Å²) in [6.07, 6.45) is 0.858. The highest BCUT2D eigenvalue weighted by Crippen LogP contribution is 2.31. The summed E-state index contributed by atoms with van der Waals surface area (Å²) >= 11 is 5.98. The molecule has 0 spiro atoms. The Morgan fingerprint density at radius 1 is 1.21 bits per heavy atom. The standard InChI is InChI=1S/C20H18ClN5O2/c1-3-10-22-20(27)18-12(2)26(25-23-18)15-8-9-17-16(11-15)19(28-24-17)13-4-6-14(21)7-5-13/h4-9,11H,3,10H2,1-2H3,(H,22,27). The molecule has 2 aromatic carbocycles. The molecule has 0 aliphatic heterocycles. The molecule has 2 aromatic heterocycles. The fraction of sp³-hybridized carbons (Fsp3) is 0.200. The van der Waals surface area contributed by atoms with Crippen LogP contribution in [0.2, 0.25) is 5.02 Å². The van der Waals surface area contributed by atoms with Gasteiger partial charge in [0, 0.05) is 17.1 Å². The van der Waals surface area contributed by atoms with Crippen molar-refractivity contribution in [2.75, 3.05) is 6.54 Å². The number of carbonyl (C=O) groups is 1. The molecule has 4 rings (SSSR count). The Morgan fingerprint density at radius 3 is 2.75 bits per heavy atom. The number of amides is 1. The highest BCUT2D eigenvalue weighted by atomic mass is 35.5. The van der Waals surface area contributed by atoms with Crippen LogP contribution < -0.4 is 5.32 Å². The lowest BCUT2D eigenvalue weighted by atomic mass is 10.1. The zero-order valence-electron chi connectivity index (χ0n) is 15.4. The van der Waals surface area contributed by atoms with E-state index in [1.165, 1.54) is 0 Å². The van der Waals surface area contributed by atoms with Gasteiger partial charge in [0.25, 0.3) is 5.91 Å². The quantitative estimate of drug-likeness (QED) is 0.548. The number of carbonyl (C=O) groups excluding carboxylic acids is 1. The molecule has 8 heteroatoms. The van der Waals surface area contributed by atoms with Crippen LogP contribution in [0.15, 0.2) is 47.0 Å². The van der Waals surface area contributed by atoms with Crippen molar-refractivity contribution in [1.29, 1.82) is 0 Å². The molecule has 2 heterocycles. The van der Waals surface area contributed by atoms with Crippen LogP contribution in [0.3, 0.4) is 0 Å². The summed E-state index contributed by atoms with van der Waals surface area (Å²) in [5.41, 5.74) is 3.35. The molecule has 0 atom stereocenters. The van der Waals surface area contributed by atoms with Gasteiger partial charge in [-0.1, -0.05) is 28.9 Å². The van der Waals surface area contributed by atoms with E-state index in [1.54, 1.807) is 16.8 Å². The smallest absolute Gasteiger partial charge is 0.273 e. The van der Waals surface area contributed by atoms with Crippen molar-refractivity contribution in [2.24, 2.45) is 0 Å². The minimum Gasteiger partial charge on any atom is -0.355 e. The SMILES string of the molecule is CCCNC(=O)c1nnn(-c2ccc3noc(-c4ccc(Cl)cc4)c3c2)c1C. The van der Waals surface area contributed by atoms with E-state index in [1.807, 2.05) is 44.2 Å². The van der Waals surface area contributed by atoms with Crippen molar-refractivity contribution in [3.8, 4) is 17.0 Å². The second kappa shape index (κ2) is 7.44. The third-order valence-corrected chi connectivity index (χ3v) is 4.71. The molecule has 0 saturated carbocycles. The van der Waals surface area contributed by atoms with Crippen molar-refractivity contribution in [3.63, 3.8) is 0 Å². The van der Waals surface area contributed by atoms with Gasteiger partial charge in [-0.25, -0.2) is 4.68 Å². The van der Waals surface area contributed by atoms with E-state index in [9.17, 15) is 4.79 Å². The van der Waals surface area contributed by atoms with Gasteiger partial charge in [0.1, 0.15) is 5.52 Å². The summed E-state index contributed by atoms with van der Waals surface area (Å²) in [5, 5.41) is 16.6. The minimum atomic E-state index is -0.224. The molecule has 0 unspecified atom stereocenters. The van der Waals surface area contributed by atoms with Gasteiger partial charge in [0.2, 0.25) is 0 Å². The molecular formula is C20H18ClN5O2. The number of nitrogens with one attached hydrogen (secondary N) is 1. The lowest BCUT2D eigenvalue weighted by Gasteiger charge is -2.05. The lowest BCUT2D eigenvalue weighted by molar-refractivity contribution is 0.0948. The van der Waals surface area contributed by atoms with Crippen LogP contribution >= 0.6 is 11.6 Å². The topological polar surface area (TPSA) is 85.8 Å². The number of benzene rings is 2. The van der Waals surface area contributed by atoms with Gasteiger partial charge in [0.15, 0.2) is 11.5 Å². The summed E-state index contributed by atoms with van der Waals surface area (Å²) in [6, 6.07) is 13.0. The normalized spacial score (nSPS) is 11.1. The molecule has 1 amide bonds. The van der Waals surface area contributed by atoms with Crippen molar-refractivity contribution in [1.82, 2.24) is 25.5 Å². The van der Waals surface area contributed by atoms with Crippen LogP contribution in [0.1, 0.15) is 29.5 Å². The van der Waals surface area contributed by atoms with E-state index in [0.717, 1.165) is 28.6 Å². The number of nitrogens with zero attached hydrogens (tertiary/aromatic N) is 4. The molecule has 0 aliphatic carbocycles. The van der Waals surface area contributed by atoms with Crippen LogP contribution in [0.5, 0.6) is 0 Å². The Morgan fingerprint density at radius 2 is 2.00 bits per heavy atom. The van der Waals surface area contributed by atoms with Gasteiger partial charge in [0.05, 0.1) is 16.8 Å². The zero-order valence-corrected chi connectivity index (χ0v) is 16.2. The Hall–Kier alpha value is -3.19. The van der Waals surface area contributed by atoms with Gasteiger partial charge in [-0.2, -0.15) is 0 Å². The molecule has 0 saturated heterocycles. The number of hydrogen-bond acceptors (Lipinski definition) is 5. The van der Waals surface area contributed by atoms with E-state index in [2.05, 4.69) is 20.8 Å². The second-order valence-corrected chi connectivity index (χ2v) is 6.85. The monoisotopic (exact) mass is 395 g/mol. The van der Waals surface area contributed by atoms with E-state index < -0.39 is 0 Å². The van der Waals surface area contributed by atoms with Crippen molar-refractivity contribution in [2.45, 2.75) is 20.3 Å². The molecule has 0 aliphatic rings. The summed E-state index contributed by atoms with van der Waals surface area (Å²) in [7, 11) is 0. The Bertz CT molecular complexity index is 1150. The first-order valence-electron chi connectivity index (χ1n) is 8.94. The Balaban J connectivity index is 1.74. The number of aromatic nitrogens is 4. The molecule has 142 valence electrons. The average Bonchev–Trinajstić information content (AvgIpc) is 3.30. The van der Waals surface area contributed by atoms with Crippen LogP contribution in [-0.2, 0) is 0 Å². The summed E-state index contributed by atoms with van der Waals surface area (Å²) in [5.74, 6) is 0.422.